The Morgan fingerprint density at radius 1 is 1.00 bits per heavy atom. The lowest BCUT2D eigenvalue weighted by Gasteiger charge is -2.43. The van der Waals surface area contributed by atoms with E-state index in [2.05, 4.69) is 10.2 Å². The van der Waals surface area contributed by atoms with Gasteiger partial charge < -0.3 is 29.3 Å². The van der Waals surface area contributed by atoms with Gasteiger partial charge >= 0.3 is 0 Å². The van der Waals surface area contributed by atoms with Gasteiger partial charge in [-0.15, -0.1) is 0 Å². The van der Waals surface area contributed by atoms with Crippen LogP contribution in [0, 0.1) is 0 Å². The maximum Gasteiger partial charge on any atom is 0.257 e. The quantitative estimate of drug-likeness (QED) is 0.764. The Morgan fingerprint density at radius 2 is 1.72 bits per heavy atom. The SMILES string of the molecule is COc1cc(NC(=O)c2ccc3c(c2)N(C)[C@H]2CCCCCN2C3=O)cc(OC)c1OC. The average Bonchev–Trinajstić information content (AvgIpc) is 3.08. The zero-order valence-electron chi connectivity index (χ0n) is 18.9. The van der Waals surface area contributed by atoms with E-state index in [1.165, 1.54) is 21.3 Å². The predicted octanol–water partition coefficient (Wildman–Crippen LogP) is 3.76. The monoisotopic (exact) mass is 439 g/mol. The van der Waals surface area contributed by atoms with Gasteiger partial charge in [-0.1, -0.05) is 6.42 Å². The van der Waals surface area contributed by atoms with Crippen molar-refractivity contribution in [3.8, 4) is 17.2 Å². The van der Waals surface area contributed by atoms with E-state index < -0.39 is 0 Å². The summed E-state index contributed by atoms with van der Waals surface area (Å²) in [6, 6.07) is 8.59. The zero-order valence-corrected chi connectivity index (χ0v) is 18.9. The first-order valence-electron chi connectivity index (χ1n) is 10.8. The van der Waals surface area contributed by atoms with E-state index in [1.54, 1.807) is 30.3 Å². The van der Waals surface area contributed by atoms with Gasteiger partial charge in [-0.25, -0.2) is 0 Å². The van der Waals surface area contributed by atoms with Gasteiger partial charge in [0.25, 0.3) is 11.8 Å². The molecule has 32 heavy (non-hydrogen) atoms. The minimum atomic E-state index is -0.286. The van der Waals surface area contributed by atoms with Crippen LogP contribution in [0.15, 0.2) is 30.3 Å². The summed E-state index contributed by atoms with van der Waals surface area (Å²) >= 11 is 0. The number of fused-ring (bicyclic) bond motifs is 2. The second kappa shape index (κ2) is 8.98. The smallest absolute Gasteiger partial charge is 0.257 e. The topological polar surface area (TPSA) is 80.3 Å². The molecule has 0 bridgehead atoms. The molecular weight excluding hydrogens is 410 g/mol. The van der Waals surface area contributed by atoms with E-state index in [1.807, 2.05) is 11.9 Å². The van der Waals surface area contributed by atoms with Gasteiger partial charge in [0.1, 0.15) is 6.17 Å². The van der Waals surface area contributed by atoms with Crippen LogP contribution in [0.4, 0.5) is 11.4 Å². The zero-order chi connectivity index (χ0) is 22.8. The normalized spacial score (nSPS) is 17.8. The molecule has 0 saturated carbocycles. The molecule has 2 aliphatic heterocycles. The van der Waals surface area contributed by atoms with Crippen LogP contribution in [-0.4, -0.2) is 57.8 Å². The average molecular weight is 440 g/mol. The number of carbonyl (C=O) groups excluding carboxylic acids is 2. The fourth-order valence-electron chi connectivity index (χ4n) is 4.55. The highest BCUT2D eigenvalue weighted by Gasteiger charge is 2.36. The lowest BCUT2D eigenvalue weighted by atomic mass is 10.0. The van der Waals surface area contributed by atoms with Gasteiger partial charge in [0.15, 0.2) is 11.5 Å². The molecule has 4 rings (SSSR count). The van der Waals surface area contributed by atoms with Crippen molar-refractivity contribution in [2.75, 3.05) is 45.1 Å². The van der Waals surface area contributed by atoms with Gasteiger partial charge in [0.2, 0.25) is 5.75 Å². The second-order valence-corrected chi connectivity index (χ2v) is 8.04. The molecule has 1 atom stereocenters. The maximum absolute atomic E-state index is 13.1. The summed E-state index contributed by atoms with van der Waals surface area (Å²) in [6.45, 7) is 0.774. The van der Waals surface area contributed by atoms with Gasteiger partial charge in [-0.2, -0.15) is 0 Å². The molecule has 1 fully saturated rings. The largest absolute Gasteiger partial charge is 0.493 e. The number of methoxy groups -OCH3 is 3. The second-order valence-electron chi connectivity index (χ2n) is 8.04. The molecule has 2 amide bonds. The first-order chi connectivity index (χ1) is 15.5. The van der Waals surface area contributed by atoms with Crippen LogP contribution in [-0.2, 0) is 0 Å². The number of nitrogens with zero attached hydrogens (tertiary/aromatic N) is 2. The summed E-state index contributed by atoms with van der Waals surface area (Å²) in [5, 5.41) is 2.89. The molecule has 0 radical (unpaired) electrons. The Morgan fingerprint density at radius 3 is 2.38 bits per heavy atom. The number of benzene rings is 2. The van der Waals surface area contributed by atoms with E-state index in [4.69, 9.17) is 14.2 Å². The van der Waals surface area contributed by atoms with Crippen molar-refractivity contribution in [1.29, 1.82) is 0 Å². The van der Waals surface area contributed by atoms with Crippen LogP contribution in [0.1, 0.15) is 46.4 Å². The van der Waals surface area contributed by atoms with Crippen LogP contribution in [0.25, 0.3) is 0 Å². The summed E-state index contributed by atoms with van der Waals surface area (Å²) in [6.07, 6.45) is 4.22. The van der Waals surface area contributed by atoms with Crippen molar-refractivity contribution in [3.05, 3.63) is 41.5 Å². The lowest BCUT2D eigenvalue weighted by molar-refractivity contribution is 0.0661. The van der Waals surface area contributed by atoms with Crippen molar-refractivity contribution < 1.29 is 23.8 Å². The van der Waals surface area contributed by atoms with Crippen molar-refractivity contribution in [2.24, 2.45) is 0 Å². The van der Waals surface area contributed by atoms with E-state index in [-0.39, 0.29) is 18.0 Å². The molecule has 2 aliphatic rings. The Kier molecular flexibility index (Phi) is 6.12. The van der Waals surface area contributed by atoms with Crippen molar-refractivity contribution >= 4 is 23.2 Å². The van der Waals surface area contributed by atoms with Crippen LogP contribution in [0.2, 0.25) is 0 Å². The molecule has 0 unspecified atom stereocenters. The number of hydrogen-bond donors (Lipinski definition) is 1. The summed E-state index contributed by atoms with van der Waals surface area (Å²) in [5.74, 6) is 1.11. The Hall–Kier alpha value is -3.42. The third kappa shape index (κ3) is 3.81. The maximum atomic E-state index is 13.1. The van der Waals surface area contributed by atoms with Gasteiger partial charge in [-0.05, 0) is 37.5 Å². The molecule has 2 heterocycles. The first kappa shape index (κ1) is 21.8. The molecule has 1 saturated heterocycles. The number of anilines is 2. The molecule has 2 aromatic carbocycles. The Bertz CT molecular complexity index is 1010. The van der Waals surface area contributed by atoms with Crippen LogP contribution < -0.4 is 24.4 Å². The summed E-state index contributed by atoms with van der Waals surface area (Å²) in [7, 11) is 6.57. The molecule has 2 aromatic rings. The van der Waals surface area contributed by atoms with E-state index in [0.29, 0.717) is 34.1 Å². The van der Waals surface area contributed by atoms with E-state index >= 15 is 0 Å². The van der Waals surface area contributed by atoms with Gasteiger partial charge in [0, 0.05) is 37.0 Å². The number of rotatable bonds is 5. The Labute approximate surface area is 188 Å². The number of amides is 2. The molecular formula is C24H29N3O5. The molecule has 1 N–H and O–H groups in total. The number of carbonyl (C=O) groups is 2. The van der Waals surface area contributed by atoms with Crippen LogP contribution in [0.3, 0.4) is 0 Å². The van der Waals surface area contributed by atoms with Gasteiger partial charge in [0.05, 0.1) is 32.6 Å². The van der Waals surface area contributed by atoms with E-state index in [9.17, 15) is 9.59 Å². The number of hydrogen-bond acceptors (Lipinski definition) is 6. The lowest BCUT2D eigenvalue weighted by Crippen LogP contribution is -2.53. The van der Waals surface area contributed by atoms with Gasteiger partial charge in [-0.3, -0.25) is 9.59 Å². The fraction of sp³-hybridized carbons (Fsp3) is 0.417. The summed E-state index contributed by atoms with van der Waals surface area (Å²) in [4.78, 5) is 30.2. The molecule has 0 aromatic heterocycles. The van der Waals surface area contributed by atoms with Crippen LogP contribution in [0.5, 0.6) is 17.2 Å². The third-order valence-electron chi connectivity index (χ3n) is 6.22. The fourth-order valence-corrected chi connectivity index (χ4v) is 4.55. The number of nitrogens with one attached hydrogen (secondary N) is 1. The number of ether oxygens (including phenoxy) is 3. The van der Waals surface area contributed by atoms with Crippen LogP contribution >= 0.6 is 0 Å². The summed E-state index contributed by atoms with van der Waals surface area (Å²) in [5.41, 5.74) is 2.41. The van der Waals surface area contributed by atoms with Crippen molar-refractivity contribution in [3.63, 3.8) is 0 Å². The minimum Gasteiger partial charge on any atom is -0.493 e. The molecule has 0 aliphatic carbocycles. The molecule has 170 valence electrons. The molecule has 8 heteroatoms. The highest BCUT2D eigenvalue weighted by Crippen LogP contribution is 2.40. The van der Waals surface area contributed by atoms with Crippen molar-refractivity contribution in [1.82, 2.24) is 4.90 Å². The molecule has 0 spiro atoms. The predicted molar refractivity (Wildman–Crippen MR) is 122 cm³/mol. The standard InChI is InChI=1S/C24H29N3O5/c1-26-18-12-15(9-10-17(18)24(29)27-11-7-5-6-8-21(26)27)23(28)25-16-13-19(30-2)22(32-4)20(14-16)31-3/h9-10,12-14,21H,5-8,11H2,1-4H3,(H,25,28)/t21-/m1/s1. The third-order valence-corrected chi connectivity index (χ3v) is 6.22. The minimum absolute atomic E-state index is 0.0333. The van der Waals surface area contributed by atoms with Crippen molar-refractivity contribution in [2.45, 2.75) is 31.8 Å². The first-order valence-corrected chi connectivity index (χ1v) is 10.8. The van der Waals surface area contributed by atoms with E-state index in [0.717, 1.165) is 37.9 Å². The molecule has 8 nitrogen and oxygen atoms in total. The highest BCUT2D eigenvalue weighted by atomic mass is 16.5. The summed E-state index contributed by atoms with van der Waals surface area (Å²) < 4.78 is 16.1. The Balaban J connectivity index is 1.62. The highest BCUT2D eigenvalue weighted by molar-refractivity contribution is 6.08.